The van der Waals surface area contributed by atoms with E-state index < -0.39 is 0 Å². The molecule has 0 aromatic heterocycles. The summed E-state index contributed by atoms with van der Waals surface area (Å²) in [5.74, 6) is 0.714. The number of hydrogen-bond acceptors (Lipinski definition) is 2. The molecular formula is C20H31Cl2NO. The van der Waals surface area contributed by atoms with Crippen LogP contribution in [-0.2, 0) is 10.2 Å². The summed E-state index contributed by atoms with van der Waals surface area (Å²) >= 11 is 12.3. The lowest BCUT2D eigenvalue weighted by Crippen LogP contribution is -2.36. The third-order valence-electron chi connectivity index (χ3n) is 5.35. The Morgan fingerprint density at radius 3 is 2.58 bits per heavy atom. The topological polar surface area (TPSA) is 21.3 Å². The van der Waals surface area contributed by atoms with E-state index in [1.165, 1.54) is 44.1 Å². The molecule has 0 amide bonds. The van der Waals surface area contributed by atoms with Crippen LogP contribution in [0.5, 0.6) is 0 Å². The normalized spacial score (nSPS) is 17.5. The quantitative estimate of drug-likeness (QED) is 0.492. The lowest BCUT2D eigenvalue weighted by molar-refractivity contribution is 0.188. The largest absolute Gasteiger partial charge is 0.385 e. The van der Waals surface area contributed by atoms with Gasteiger partial charge in [-0.2, -0.15) is 0 Å². The molecule has 0 saturated heterocycles. The molecule has 0 heterocycles. The molecule has 1 fully saturated rings. The molecular weight excluding hydrogens is 341 g/mol. The lowest BCUT2D eigenvalue weighted by atomic mass is 9.60. The predicted molar refractivity (Wildman–Crippen MR) is 104 cm³/mol. The smallest absolute Gasteiger partial charge is 0.0595 e. The van der Waals surface area contributed by atoms with Gasteiger partial charge in [0.05, 0.1) is 10.0 Å². The highest BCUT2D eigenvalue weighted by Gasteiger charge is 2.39. The Bertz CT molecular complexity index is 502. The molecule has 1 unspecified atom stereocenters. The maximum absolute atomic E-state index is 6.24. The fourth-order valence-corrected chi connectivity index (χ4v) is 4.08. The van der Waals surface area contributed by atoms with E-state index in [9.17, 15) is 0 Å². The zero-order valence-corrected chi connectivity index (χ0v) is 16.6. The van der Waals surface area contributed by atoms with Crippen LogP contribution >= 0.6 is 23.2 Å². The molecule has 4 heteroatoms. The first-order valence-corrected chi connectivity index (χ1v) is 9.98. The van der Waals surface area contributed by atoms with Crippen LogP contribution in [0.15, 0.2) is 18.2 Å². The Morgan fingerprint density at radius 1 is 1.17 bits per heavy atom. The zero-order valence-electron chi connectivity index (χ0n) is 15.0. The third kappa shape index (κ3) is 5.62. The van der Waals surface area contributed by atoms with Crippen molar-refractivity contribution >= 4 is 23.2 Å². The van der Waals surface area contributed by atoms with Crippen molar-refractivity contribution in [3.8, 4) is 0 Å². The van der Waals surface area contributed by atoms with Crippen molar-refractivity contribution in [1.29, 1.82) is 0 Å². The van der Waals surface area contributed by atoms with E-state index >= 15 is 0 Å². The van der Waals surface area contributed by atoms with Gasteiger partial charge in [0.15, 0.2) is 0 Å². The molecule has 0 radical (unpaired) electrons. The predicted octanol–water partition coefficient (Wildman–Crippen LogP) is 5.85. The van der Waals surface area contributed by atoms with Gasteiger partial charge in [0.2, 0.25) is 0 Å². The van der Waals surface area contributed by atoms with Crippen LogP contribution < -0.4 is 5.32 Å². The van der Waals surface area contributed by atoms with Crippen molar-refractivity contribution in [1.82, 2.24) is 5.32 Å². The first-order chi connectivity index (χ1) is 11.6. The summed E-state index contributed by atoms with van der Waals surface area (Å²) < 4.78 is 5.07. The Labute approximate surface area is 157 Å². The zero-order chi connectivity index (χ0) is 17.4. The number of methoxy groups -OCH3 is 1. The number of rotatable bonds is 11. The van der Waals surface area contributed by atoms with Gasteiger partial charge in [-0.3, -0.25) is 0 Å². The molecule has 1 aromatic carbocycles. The van der Waals surface area contributed by atoms with Gasteiger partial charge in [-0.15, -0.1) is 0 Å². The number of unbranched alkanes of at least 4 members (excludes halogenated alkanes) is 1. The fraction of sp³-hybridized carbons (Fsp3) is 0.700. The van der Waals surface area contributed by atoms with Crippen LogP contribution in [0.1, 0.15) is 57.4 Å². The van der Waals surface area contributed by atoms with Crippen molar-refractivity contribution in [3.63, 3.8) is 0 Å². The second-order valence-electron chi connectivity index (χ2n) is 7.31. The van der Waals surface area contributed by atoms with E-state index in [4.69, 9.17) is 27.9 Å². The summed E-state index contributed by atoms with van der Waals surface area (Å²) in [5.41, 5.74) is 1.70. The van der Waals surface area contributed by atoms with E-state index in [-0.39, 0.29) is 0 Å². The average molecular weight is 372 g/mol. The molecule has 1 atom stereocenters. The molecule has 1 saturated carbocycles. The van der Waals surface area contributed by atoms with Gasteiger partial charge >= 0.3 is 0 Å². The van der Waals surface area contributed by atoms with Crippen molar-refractivity contribution < 1.29 is 4.74 Å². The summed E-state index contributed by atoms with van der Waals surface area (Å²) in [6.45, 7) is 5.44. The minimum atomic E-state index is 0.326. The van der Waals surface area contributed by atoms with Gasteiger partial charge in [0.25, 0.3) is 0 Å². The van der Waals surface area contributed by atoms with Crippen molar-refractivity contribution in [2.24, 2.45) is 5.92 Å². The van der Waals surface area contributed by atoms with Crippen LogP contribution in [0, 0.1) is 5.92 Å². The van der Waals surface area contributed by atoms with Gasteiger partial charge in [-0.25, -0.2) is 0 Å². The van der Waals surface area contributed by atoms with Crippen LogP contribution in [0.25, 0.3) is 0 Å². The highest BCUT2D eigenvalue weighted by molar-refractivity contribution is 6.42. The van der Waals surface area contributed by atoms with Crippen LogP contribution in [0.2, 0.25) is 10.0 Å². The summed E-state index contributed by atoms with van der Waals surface area (Å²) in [5, 5.41) is 4.90. The van der Waals surface area contributed by atoms with Crippen molar-refractivity contribution in [2.45, 2.75) is 57.3 Å². The van der Waals surface area contributed by atoms with Crippen molar-refractivity contribution in [3.05, 3.63) is 33.8 Å². The standard InChI is InChI=1S/C20H31Cl2NO/c1-16(8-12-23-11-3-4-13-24-2)15-20(9-5-10-20)17-6-7-18(21)19(22)14-17/h6-7,14,16,23H,3-5,8-13,15H2,1-2H3. The Morgan fingerprint density at radius 2 is 1.96 bits per heavy atom. The number of halogens is 2. The molecule has 1 aromatic rings. The molecule has 0 bridgehead atoms. The number of hydrogen-bond donors (Lipinski definition) is 1. The first kappa shape index (κ1) is 20.0. The minimum absolute atomic E-state index is 0.326. The number of nitrogens with one attached hydrogen (secondary N) is 1. The Hall–Kier alpha value is -0.280. The third-order valence-corrected chi connectivity index (χ3v) is 6.09. The molecule has 1 aliphatic carbocycles. The minimum Gasteiger partial charge on any atom is -0.385 e. The molecule has 0 aliphatic heterocycles. The second-order valence-corrected chi connectivity index (χ2v) is 8.13. The Kier molecular flexibility index (Phi) is 8.36. The molecule has 136 valence electrons. The number of ether oxygens (including phenoxy) is 1. The van der Waals surface area contributed by atoms with E-state index in [2.05, 4.69) is 24.4 Å². The highest BCUT2D eigenvalue weighted by atomic mass is 35.5. The van der Waals surface area contributed by atoms with E-state index in [0.717, 1.165) is 26.1 Å². The Balaban J connectivity index is 1.76. The first-order valence-electron chi connectivity index (χ1n) is 9.22. The van der Waals surface area contributed by atoms with E-state index in [1.54, 1.807) is 7.11 Å². The molecule has 2 rings (SSSR count). The average Bonchev–Trinajstić information content (AvgIpc) is 2.53. The van der Waals surface area contributed by atoms with Crippen LogP contribution in [0.3, 0.4) is 0 Å². The summed E-state index contributed by atoms with van der Waals surface area (Å²) in [4.78, 5) is 0. The van der Waals surface area contributed by atoms with Gasteiger partial charge < -0.3 is 10.1 Å². The maximum atomic E-state index is 6.24. The summed E-state index contributed by atoms with van der Waals surface area (Å²) in [6.07, 6.45) is 8.68. The molecule has 1 N–H and O–H groups in total. The summed E-state index contributed by atoms with van der Waals surface area (Å²) in [7, 11) is 1.76. The van der Waals surface area contributed by atoms with Gasteiger partial charge in [0, 0.05) is 13.7 Å². The maximum Gasteiger partial charge on any atom is 0.0595 e. The highest BCUT2D eigenvalue weighted by Crippen LogP contribution is 2.49. The molecule has 1 aliphatic rings. The van der Waals surface area contributed by atoms with Gasteiger partial charge in [-0.1, -0.05) is 42.6 Å². The van der Waals surface area contributed by atoms with Gasteiger partial charge in [0.1, 0.15) is 0 Å². The molecule has 24 heavy (non-hydrogen) atoms. The monoisotopic (exact) mass is 371 g/mol. The summed E-state index contributed by atoms with van der Waals surface area (Å²) in [6, 6.07) is 6.21. The molecule has 0 spiro atoms. The van der Waals surface area contributed by atoms with Crippen molar-refractivity contribution in [2.75, 3.05) is 26.8 Å². The van der Waals surface area contributed by atoms with Gasteiger partial charge in [-0.05, 0) is 80.6 Å². The SMILES string of the molecule is COCCCCNCCC(C)CC1(c2ccc(Cl)c(Cl)c2)CCC1. The second kappa shape index (κ2) is 10.0. The lowest BCUT2D eigenvalue weighted by Gasteiger charge is -2.44. The molecule has 2 nitrogen and oxygen atoms in total. The van der Waals surface area contributed by atoms with Crippen LogP contribution in [0.4, 0.5) is 0 Å². The number of benzene rings is 1. The fourth-order valence-electron chi connectivity index (χ4n) is 3.78. The van der Waals surface area contributed by atoms with E-state index in [1.807, 2.05) is 6.07 Å². The van der Waals surface area contributed by atoms with E-state index in [0.29, 0.717) is 21.4 Å². The van der Waals surface area contributed by atoms with Crippen LogP contribution in [-0.4, -0.2) is 26.8 Å².